The van der Waals surface area contributed by atoms with Gasteiger partial charge in [0.1, 0.15) is 5.82 Å². The molecule has 0 saturated heterocycles. The van der Waals surface area contributed by atoms with Crippen LogP contribution in [0.3, 0.4) is 0 Å². The summed E-state index contributed by atoms with van der Waals surface area (Å²) in [4.78, 5) is 12.0. The largest absolute Gasteiger partial charge is 0.394 e. The van der Waals surface area contributed by atoms with E-state index in [2.05, 4.69) is 10.6 Å². The minimum absolute atomic E-state index is 0.256. The van der Waals surface area contributed by atoms with Crippen molar-refractivity contribution in [3.05, 3.63) is 66.0 Å². The number of aliphatic hydroxyl groups excluding tert-OH is 1. The number of amides is 2. The molecule has 0 fully saturated rings. The van der Waals surface area contributed by atoms with Crippen molar-refractivity contribution >= 4 is 11.7 Å². The zero-order valence-corrected chi connectivity index (χ0v) is 11.6. The highest BCUT2D eigenvalue weighted by Gasteiger charge is 2.27. The van der Waals surface area contributed by atoms with Crippen LogP contribution in [0.15, 0.2) is 54.6 Å². The van der Waals surface area contributed by atoms with Gasteiger partial charge in [-0.25, -0.2) is 9.18 Å². The zero-order chi connectivity index (χ0) is 15.3. The predicted molar refractivity (Wildman–Crippen MR) is 79.4 cm³/mol. The maximum absolute atomic E-state index is 13.1. The SMILES string of the molecule is CC(CO)(NC(=O)Nc1cccc(F)c1)c1ccccc1. The lowest BCUT2D eigenvalue weighted by atomic mass is 9.93. The van der Waals surface area contributed by atoms with Crippen LogP contribution in [-0.2, 0) is 5.54 Å². The Kier molecular flexibility index (Phi) is 4.55. The van der Waals surface area contributed by atoms with Crippen LogP contribution < -0.4 is 10.6 Å². The van der Waals surface area contributed by atoms with Gasteiger partial charge in [0, 0.05) is 5.69 Å². The Morgan fingerprint density at radius 3 is 2.52 bits per heavy atom. The average Bonchev–Trinajstić information content (AvgIpc) is 2.48. The second-order valence-electron chi connectivity index (χ2n) is 4.95. The first-order valence-corrected chi connectivity index (χ1v) is 6.54. The van der Waals surface area contributed by atoms with Gasteiger partial charge in [-0.2, -0.15) is 0 Å². The lowest BCUT2D eigenvalue weighted by molar-refractivity contribution is 0.176. The highest BCUT2D eigenvalue weighted by Crippen LogP contribution is 2.20. The number of hydrogen-bond donors (Lipinski definition) is 3. The first-order valence-electron chi connectivity index (χ1n) is 6.54. The summed E-state index contributed by atoms with van der Waals surface area (Å²) >= 11 is 0. The summed E-state index contributed by atoms with van der Waals surface area (Å²) in [6.07, 6.45) is 0. The third-order valence-corrected chi connectivity index (χ3v) is 3.20. The lowest BCUT2D eigenvalue weighted by Gasteiger charge is -2.29. The Morgan fingerprint density at radius 2 is 1.90 bits per heavy atom. The summed E-state index contributed by atoms with van der Waals surface area (Å²) in [5, 5.41) is 14.8. The van der Waals surface area contributed by atoms with Crippen molar-refractivity contribution in [2.75, 3.05) is 11.9 Å². The third-order valence-electron chi connectivity index (χ3n) is 3.20. The third kappa shape index (κ3) is 3.79. The molecule has 21 heavy (non-hydrogen) atoms. The highest BCUT2D eigenvalue weighted by molar-refractivity contribution is 5.89. The van der Waals surface area contributed by atoms with E-state index in [0.717, 1.165) is 5.56 Å². The number of nitrogens with one attached hydrogen (secondary N) is 2. The number of carbonyl (C=O) groups excluding carboxylic acids is 1. The van der Waals surface area contributed by atoms with E-state index in [9.17, 15) is 14.3 Å². The molecule has 2 aromatic rings. The van der Waals surface area contributed by atoms with Crippen LogP contribution in [0.5, 0.6) is 0 Å². The Morgan fingerprint density at radius 1 is 1.19 bits per heavy atom. The molecule has 4 nitrogen and oxygen atoms in total. The van der Waals surface area contributed by atoms with Crippen molar-refractivity contribution in [1.82, 2.24) is 5.32 Å². The van der Waals surface area contributed by atoms with Crippen LogP contribution in [0.1, 0.15) is 12.5 Å². The minimum Gasteiger partial charge on any atom is -0.394 e. The molecule has 3 N–H and O–H groups in total. The fourth-order valence-electron chi connectivity index (χ4n) is 1.99. The van der Waals surface area contributed by atoms with E-state index in [1.54, 1.807) is 13.0 Å². The van der Waals surface area contributed by atoms with Gasteiger partial charge >= 0.3 is 6.03 Å². The molecule has 0 aromatic heterocycles. The van der Waals surface area contributed by atoms with Gasteiger partial charge in [0.15, 0.2) is 0 Å². The van der Waals surface area contributed by atoms with Crippen molar-refractivity contribution in [3.8, 4) is 0 Å². The normalized spacial score (nSPS) is 13.3. The molecule has 2 aromatic carbocycles. The van der Waals surface area contributed by atoms with E-state index in [1.807, 2.05) is 30.3 Å². The summed E-state index contributed by atoms with van der Waals surface area (Å²) in [7, 11) is 0. The molecule has 1 unspecified atom stereocenters. The number of carbonyl (C=O) groups is 1. The van der Waals surface area contributed by atoms with E-state index in [4.69, 9.17) is 0 Å². The molecular formula is C16H17FN2O2. The molecule has 0 bridgehead atoms. The maximum atomic E-state index is 13.1. The maximum Gasteiger partial charge on any atom is 0.320 e. The Bertz CT molecular complexity index is 619. The van der Waals surface area contributed by atoms with E-state index < -0.39 is 17.4 Å². The summed E-state index contributed by atoms with van der Waals surface area (Å²) < 4.78 is 13.1. The number of aliphatic hydroxyl groups is 1. The molecule has 2 amide bonds. The topological polar surface area (TPSA) is 61.4 Å². The van der Waals surface area contributed by atoms with Gasteiger partial charge < -0.3 is 15.7 Å². The molecule has 0 aliphatic rings. The first kappa shape index (κ1) is 15.0. The molecule has 5 heteroatoms. The number of hydrogen-bond acceptors (Lipinski definition) is 2. The second kappa shape index (κ2) is 6.37. The van der Waals surface area contributed by atoms with Gasteiger partial charge in [0.25, 0.3) is 0 Å². The van der Waals surface area contributed by atoms with Crippen LogP contribution in [-0.4, -0.2) is 17.7 Å². The van der Waals surface area contributed by atoms with Crippen LogP contribution >= 0.6 is 0 Å². The van der Waals surface area contributed by atoms with Gasteiger partial charge in [0.2, 0.25) is 0 Å². The molecule has 0 radical (unpaired) electrons. The van der Waals surface area contributed by atoms with Crippen molar-refractivity contribution in [1.29, 1.82) is 0 Å². The van der Waals surface area contributed by atoms with Gasteiger partial charge in [-0.1, -0.05) is 36.4 Å². The summed E-state index contributed by atoms with van der Waals surface area (Å²) in [6.45, 7) is 1.46. The Hall–Kier alpha value is -2.40. The Labute approximate surface area is 122 Å². The average molecular weight is 288 g/mol. The number of anilines is 1. The number of rotatable bonds is 4. The molecule has 2 rings (SSSR count). The van der Waals surface area contributed by atoms with Crippen molar-refractivity contribution in [3.63, 3.8) is 0 Å². The Balaban J connectivity index is 2.10. The standard InChI is InChI=1S/C16H17FN2O2/c1-16(11-20,12-6-3-2-4-7-12)19-15(21)18-14-9-5-8-13(17)10-14/h2-10,20H,11H2,1H3,(H2,18,19,21). The molecule has 1 atom stereocenters. The predicted octanol–water partition coefficient (Wildman–Crippen LogP) is 2.85. The molecule has 110 valence electrons. The fraction of sp³-hybridized carbons (Fsp3) is 0.188. The van der Waals surface area contributed by atoms with E-state index in [1.165, 1.54) is 18.2 Å². The smallest absolute Gasteiger partial charge is 0.320 e. The van der Waals surface area contributed by atoms with E-state index in [-0.39, 0.29) is 6.61 Å². The fourth-order valence-corrected chi connectivity index (χ4v) is 1.99. The number of urea groups is 1. The number of halogens is 1. The van der Waals surface area contributed by atoms with Gasteiger partial charge in [0.05, 0.1) is 12.1 Å². The summed E-state index contributed by atoms with van der Waals surface area (Å²) in [6, 6.07) is 14.2. The molecule has 0 aliphatic heterocycles. The molecule has 0 heterocycles. The molecular weight excluding hydrogens is 271 g/mol. The van der Waals surface area contributed by atoms with Crippen molar-refractivity contribution in [2.24, 2.45) is 0 Å². The number of benzene rings is 2. The van der Waals surface area contributed by atoms with Gasteiger partial charge in [-0.3, -0.25) is 0 Å². The lowest BCUT2D eigenvalue weighted by Crippen LogP contribution is -2.48. The van der Waals surface area contributed by atoms with Gasteiger partial charge in [-0.15, -0.1) is 0 Å². The van der Waals surface area contributed by atoms with Crippen molar-refractivity contribution < 1.29 is 14.3 Å². The van der Waals surface area contributed by atoms with Crippen LogP contribution in [0.25, 0.3) is 0 Å². The van der Waals surface area contributed by atoms with Crippen LogP contribution in [0.2, 0.25) is 0 Å². The minimum atomic E-state index is -0.918. The molecule has 0 spiro atoms. The summed E-state index contributed by atoms with van der Waals surface area (Å²) in [5.74, 6) is -0.430. The second-order valence-corrected chi connectivity index (χ2v) is 4.95. The van der Waals surface area contributed by atoms with Crippen molar-refractivity contribution in [2.45, 2.75) is 12.5 Å². The van der Waals surface area contributed by atoms with Gasteiger partial charge in [-0.05, 0) is 30.7 Å². The first-order chi connectivity index (χ1) is 10.0. The van der Waals surface area contributed by atoms with E-state index >= 15 is 0 Å². The van der Waals surface area contributed by atoms with Crippen LogP contribution in [0, 0.1) is 5.82 Å². The van der Waals surface area contributed by atoms with Crippen LogP contribution in [0.4, 0.5) is 14.9 Å². The quantitative estimate of drug-likeness (QED) is 0.810. The molecule has 0 saturated carbocycles. The summed E-state index contributed by atoms with van der Waals surface area (Å²) in [5.41, 5.74) is 0.210. The molecule has 0 aliphatic carbocycles. The highest BCUT2D eigenvalue weighted by atomic mass is 19.1. The van der Waals surface area contributed by atoms with E-state index in [0.29, 0.717) is 5.69 Å². The zero-order valence-electron chi connectivity index (χ0n) is 11.6. The monoisotopic (exact) mass is 288 g/mol.